The SMILES string of the molecule is C#COC(C)(C)C.O=C(O)COCCCCc1nc(N2CCCC2)c2oc3cc(F)ccc3c2n1. The van der Waals surface area contributed by atoms with Gasteiger partial charge in [0.05, 0.1) is 0 Å². The normalized spacial score (nSPS) is 13.5. The Morgan fingerprint density at radius 3 is 2.63 bits per heavy atom. The molecular weight excluding hydrogens is 453 g/mol. The highest BCUT2D eigenvalue weighted by Crippen LogP contribution is 2.34. The van der Waals surface area contributed by atoms with E-state index in [4.69, 9.17) is 30.4 Å². The van der Waals surface area contributed by atoms with Gasteiger partial charge in [0.15, 0.2) is 11.4 Å². The van der Waals surface area contributed by atoms with Crippen LogP contribution in [0.4, 0.5) is 10.2 Å². The van der Waals surface area contributed by atoms with Gasteiger partial charge < -0.3 is 23.9 Å². The zero-order valence-corrected chi connectivity index (χ0v) is 20.5. The largest absolute Gasteiger partial charge is 0.480 e. The molecule has 0 radical (unpaired) electrons. The maximum absolute atomic E-state index is 13.6. The second kappa shape index (κ2) is 11.8. The molecule has 1 aromatic carbocycles. The van der Waals surface area contributed by atoms with Crippen LogP contribution < -0.4 is 4.90 Å². The van der Waals surface area contributed by atoms with E-state index in [1.165, 1.54) is 12.1 Å². The van der Waals surface area contributed by atoms with Crippen molar-refractivity contribution in [2.75, 3.05) is 31.2 Å². The second-order valence-corrected chi connectivity index (χ2v) is 9.31. The van der Waals surface area contributed by atoms with Gasteiger partial charge in [0.1, 0.15) is 41.1 Å². The van der Waals surface area contributed by atoms with E-state index >= 15 is 0 Å². The molecule has 0 atom stereocenters. The predicted octanol–water partition coefficient (Wildman–Crippen LogP) is 4.93. The minimum absolute atomic E-state index is 0.186. The summed E-state index contributed by atoms with van der Waals surface area (Å²) in [6.45, 7) is 7.67. The molecule has 3 aromatic rings. The smallest absolute Gasteiger partial charge is 0.329 e. The number of hydrogen-bond acceptors (Lipinski definition) is 7. The average Bonchev–Trinajstić information content (AvgIpc) is 3.43. The summed E-state index contributed by atoms with van der Waals surface area (Å²) >= 11 is 0. The number of hydrogen-bond donors (Lipinski definition) is 1. The highest BCUT2D eigenvalue weighted by molar-refractivity contribution is 6.05. The highest BCUT2D eigenvalue weighted by atomic mass is 19.1. The first-order chi connectivity index (χ1) is 16.7. The van der Waals surface area contributed by atoms with E-state index < -0.39 is 5.97 Å². The molecule has 1 aliphatic rings. The molecule has 9 heteroatoms. The topological polar surface area (TPSA) is 97.9 Å². The van der Waals surface area contributed by atoms with Crippen LogP contribution in [0.25, 0.3) is 22.1 Å². The summed E-state index contributed by atoms with van der Waals surface area (Å²) in [6, 6.07) is 4.49. The zero-order chi connectivity index (χ0) is 25.4. The van der Waals surface area contributed by atoms with Crippen molar-refractivity contribution >= 4 is 33.9 Å². The second-order valence-electron chi connectivity index (χ2n) is 9.31. The van der Waals surface area contributed by atoms with Crippen LogP contribution in [-0.2, 0) is 20.7 Å². The fourth-order valence-corrected chi connectivity index (χ4v) is 3.73. The van der Waals surface area contributed by atoms with Crippen molar-refractivity contribution in [2.45, 2.75) is 58.5 Å². The third kappa shape index (κ3) is 7.55. The number of unbranched alkanes of at least 4 members (excludes halogenated alkanes) is 1. The number of aliphatic carboxylic acids is 1. The van der Waals surface area contributed by atoms with Crippen molar-refractivity contribution in [1.29, 1.82) is 0 Å². The molecule has 8 nitrogen and oxygen atoms in total. The number of rotatable bonds is 8. The van der Waals surface area contributed by atoms with Crippen LogP contribution in [0.3, 0.4) is 0 Å². The van der Waals surface area contributed by atoms with Gasteiger partial charge >= 0.3 is 5.97 Å². The highest BCUT2D eigenvalue weighted by Gasteiger charge is 2.22. The first kappa shape index (κ1) is 26.2. The molecule has 2 aromatic heterocycles. The van der Waals surface area contributed by atoms with Crippen LogP contribution in [0, 0.1) is 18.3 Å². The van der Waals surface area contributed by atoms with Gasteiger partial charge in [-0.2, -0.15) is 0 Å². The first-order valence-electron chi connectivity index (χ1n) is 11.7. The van der Waals surface area contributed by atoms with E-state index in [2.05, 4.69) is 16.0 Å². The van der Waals surface area contributed by atoms with Crippen molar-refractivity contribution in [3.05, 3.63) is 29.8 Å². The van der Waals surface area contributed by atoms with Crippen molar-refractivity contribution in [2.24, 2.45) is 0 Å². The Morgan fingerprint density at radius 1 is 1.26 bits per heavy atom. The Bertz CT molecular complexity index is 1190. The van der Waals surface area contributed by atoms with Gasteiger partial charge in [-0.25, -0.2) is 19.2 Å². The standard InChI is InChI=1S/C20H22FN3O4.C6H10O/c21-13-6-7-14-15(11-13)28-19-18(14)22-16(5-1-4-10-27-12-17(25)26)23-20(19)24-8-2-3-9-24;1-5-7-6(2,3)4/h6-7,11H,1-5,8-10,12H2,(H,25,26);1H,2-4H3. The fraction of sp³-hybridized carbons (Fsp3) is 0.500. The number of fused-ring (bicyclic) bond motifs is 3. The maximum atomic E-state index is 13.6. The number of ether oxygens (including phenoxy) is 2. The number of aromatic nitrogens is 2. The summed E-state index contributed by atoms with van der Waals surface area (Å²) in [5.74, 6) is 0.173. The van der Waals surface area contributed by atoms with Crippen LogP contribution in [-0.4, -0.2) is 52.9 Å². The number of nitrogens with zero attached hydrogens (tertiary/aromatic N) is 3. The van der Waals surface area contributed by atoms with Crippen molar-refractivity contribution in [1.82, 2.24) is 9.97 Å². The molecule has 0 aliphatic carbocycles. The quantitative estimate of drug-likeness (QED) is 0.354. The van der Waals surface area contributed by atoms with Gasteiger partial charge in [0.2, 0.25) is 0 Å². The molecule has 188 valence electrons. The summed E-state index contributed by atoms with van der Waals surface area (Å²) in [7, 11) is 0. The Hall–Kier alpha value is -3.38. The van der Waals surface area contributed by atoms with Crippen LogP contribution in [0.2, 0.25) is 0 Å². The first-order valence-corrected chi connectivity index (χ1v) is 11.7. The van der Waals surface area contributed by atoms with Gasteiger partial charge in [-0.15, -0.1) is 0 Å². The summed E-state index contributed by atoms with van der Waals surface area (Å²) in [6.07, 6.45) is 11.3. The Balaban J connectivity index is 0.000000429. The van der Waals surface area contributed by atoms with E-state index in [0.29, 0.717) is 35.5 Å². The lowest BCUT2D eigenvalue weighted by Gasteiger charge is -2.17. The Morgan fingerprint density at radius 2 is 2.00 bits per heavy atom. The number of carboxylic acids is 1. The molecule has 0 bridgehead atoms. The summed E-state index contributed by atoms with van der Waals surface area (Å²) < 4.78 is 29.4. The van der Waals surface area contributed by atoms with E-state index in [1.807, 2.05) is 20.8 Å². The van der Waals surface area contributed by atoms with E-state index in [-0.39, 0.29) is 18.0 Å². The molecular formula is C26H32FN3O5. The van der Waals surface area contributed by atoms with Gasteiger partial charge in [-0.05, 0) is 58.6 Å². The molecule has 0 amide bonds. The Kier molecular flexibility index (Phi) is 8.88. The minimum Gasteiger partial charge on any atom is -0.480 e. The molecule has 0 saturated carbocycles. The lowest BCUT2D eigenvalue weighted by atomic mass is 10.2. The molecule has 0 spiro atoms. The summed E-state index contributed by atoms with van der Waals surface area (Å²) in [5, 5.41) is 9.37. The van der Waals surface area contributed by atoms with Gasteiger partial charge in [-0.1, -0.05) is 6.42 Å². The number of halogens is 1. The van der Waals surface area contributed by atoms with Gasteiger partial charge in [0.25, 0.3) is 0 Å². The fourth-order valence-electron chi connectivity index (χ4n) is 3.73. The average molecular weight is 486 g/mol. The molecule has 3 heterocycles. The number of carbonyl (C=O) groups is 1. The van der Waals surface area contributed by atoms with Crippen LogP contribution in [0.1, 0.15) is 52.3 Å². The number of terminal acetylenes is 1. The number of benzene rings is 1. The van der Waals surface area contributed by atoms with Gasteiger partial charge in [-0.3, -0.25) is 0 Å². The molecule has 4 rings (SSSR count). The van der Waals surface area contributed by atoms with Crippen LogP contribution in [0.15, 0.2) is 22.6 Å². The zero-order valence-electron chi connectivity index (χ0n) is 20.5. The van der Waals surface area contributed by atoms with E-state index in [1.54, 1.807) is 6.07 Å². The monoisotopic (exact) mass is 485 g/mol. The van der Waals surface area contributed by atoms with Crippen LogP contribution >= 0.6 is 0 Å². The lowest BCUT2D eigenvalue weighted by molar-refractivity contribution is -0.142. The molecule has 35 heavy (non-hydrogen) atoms. The molecule has 1 saturated heterocycles. The lowest BCUT2D eigenvalue weighted by Crippen LogP contribution is -2.20. The number of aryl methyl sites for hydroxylation is 1. The molecule has 1 fully saturated rings. The molecule has 0 unspecified atom stereocenters. The number of anilines is 1. The summed E-state index contributed by atoms with van der Waals surface area (Å²) in [5.41, 5.74) is 1.61. The van der Waals surface area contributed by atoms with E-state index in [0.717, 1.165) is 50.0 Å². The maximum Gasteiger partial charge on any atom is 0.329 e. The third-order valence-corrected chi connectivity index (χ3v) is 5.24. The van der Waals surface area contributed by atoms with Crippen LogP contribution in [0.5, 0.6) is 0 Å². The number of carboxylic acid groups (broad SMARTS) is 1. The van der Waals surface area contributed by atoms with Crippen molar-refractivity contribution in [3.8, 4) is 12.5 Å². The Labute approximate surface area is 204 Å². The summed E-state index contributed by atoms with van der Waals surface area (Å²) in [4.78, 5) is 22.1. The predicted molar refractivity (Wildman–Crippen MR) is 132 cm³/mol. The number of furan rings is 1. The minimum atomic E-state index is -0.965. The van der Waals surface area contributed by atoms with Gasteiger partial charge in [0, 0.05) is 37.6 Å². The van der Waals surface area contributed by atoms with E-state index in [9.17, 15) is 9.18 Å². The van der Waals surface area contributed by atoms with Crippen molar-refractivity contribution < 1.29 is 28.2 Å². The molecule has 1 aliphatic heterocycles. The van der Waals surface area contributed by atoms with Crippen molar-refractivity contribution in [3.63, 3.8) is 0 Å². The third-order valence-electron chi connectivity index (χ3n) is 5.24. The molecule has 1 N–H and O–H groups in total.